The Kier molecular flexibility index (Phi) is 4.42. The molecule has 0 saturated carbocycles. The molecule has 0 amide bonds. The van der Waals surface area contributed by atoms with Crippen molar-refractivity contribution in [2.75, 3.05) is 19.7 Å². The number of aromatic nitrogens is 4. The SMILES string of the molecule is Cc1cnn(C[C@@H]2CN(Cc3nc(-c4ccsc4)no3)CCO2)c1. The Hall–Kier alpha value is -2.03. The van der Waals surface area contributed by atoms with Crippen molar-refractivity contribution >= 4 is 11.3 Å². The highest BCUT2D eigenvalue weighted by Crippen LogP contribution is 2.19. The van der Waals surface area contributed by atoms with Gasteiger partial charge in [0.15, 0.2) is 0 Å². The largest absolute Gasteiger partial charge is 0.374 e. The third kappa shape index (κ3) is 3.55. The summed E-state index contributed by atoms with van der Waals surface area (Å²) in [5.74, 6) is 1.30. The molecule has 1 aliphatic rings. The van der Waals surface area contributed by atoms with Crippen LogP contribution in [0.15, 0.2) is 33.7 Å². The second-order valence-electron chi connectivity index (χ2n) is 5.99. The average Bonchev–Trinajstić information content (AvgIpc) is 3.29. The molecule has 0 unspecified atom stereocenters. The van der Waals surface area contributed by atoms with Gasteiger partial charge in [0.2, 0.25) is 11.7 Å². The van der Waals surface area contributed by atoms with E-state index in [1.807, 2.05) is 40.8 Å². The van der Waals surface area contributed by atoms with Gasteiger partial charge in [0.1, 0.15) is 0 Å². The molecule has 4 rings (SSSR count). The van der Waals surface area contributed by atoms with Gasteiger partial charge in [-0.2, -0.15) is 21.4 Å². The smallest absolute Gasteiger partial charge is 0.241 e. The summed E-state index contributed by atoms with van der Waals surface area (Å²) in [4.78, 5) is 6.78. The molecule has 7 nitrogen and oxygen atoms in total. The van der Waals surface area contributed by atoms with E-state index >= 15 is 0 Å². The lowest BCUT2D eigenvalue weighted by atomic mass is 10.2. The Morgan fingerprint density at radius 2 is 2.38 bits per heavy atom. The molecule has 0 bridgehead atoms. The van der Waals surface area contributed by atoms with Crippen LogP contribution in [0.25, 0.3) is 11.4 Å². The second-order valence-corrected chi connectivity index (χ2v) is 6.77. The zero-order chi connectivity index (χ0) is 16.4. The molecule has 24 heavy (non-hydrogen) atoms. The summed E-state index contributed by atoms with van der Waals surface area (Å²) in [6.45, 7) is 5.85. The summed E-state index contributed by atoms with van der Waals surface area (Å²) in [6, 6.07) is 2.00. The number of nitrogens with zero attached hydrogens (tertiary/aromatic N) is 5. The van der Waals surface area contributed by atoms with Crippen molar-refractivity contribution in [3.8, 4) is 11.4 Å². The van der Waals surface area contributed by atoms with E-state index in [1.54, 1.807) is 11.3 Å². The van der Waals surface area contributed by atoms with Gasteiger partial charge in [0.05, 0.1) is 32.0 Å². The van der Waals surface area contributed by atoms with Crippen LogP contribution in [0.2, 0.25) is 0 Å². The predicted molar refractivity (Wildman–Crippen MR) is 89.6 cm³/mol. The highest BCUT2D eigenvalue weighted by molar-refractivity contribution is 7.08. The van der Waals surface area contributed by atoms with Gasteiger partial charge in [0, 0.05) is 30.2 Å². The fourth-order valence-corrected chi connectivity index (χ4v) is 3.46. The molecule has 3 aromatic rings. The van der Waals surface area contributed by atoms with Crippen LogP contribution in [-0.2, 0) is 17.8 Å². The zero-order valence-corrected chi connectivity index (χ0v) is 14.3. The van der Waals surface area contributed by atoms with Gasteiger partial charge in [-0.05, 0) is 23.9 Å². The lowest BCUT2D eigenvalue weighted by molar-refractivity contribution is -0.0426. The number of thiophene rings is 1. The Morgan fingerprint density at radius 1 is 1.42 bits per heavy atom. The van der Waals surface area contributed by atoms with Gasteiger partial charge in [-0.25, -0.2) is 0 Å². The van der Waals surface area contributed by atoms with Crippen LogP contribution in [0.1, 0.15) is 11.5 Å². The molecule has 0 aromatic carbocycles. The van der Waals surface area contributed by atoms with Crippen LogP contribution in [0, 0.1) is 6.92 Å². The number of hydrogen-bond donors (Lipinski definition) is 0. The first-order valence-corrected chi connectivity index (χ1v) is 8.89. The molecule has 126 valence electrons. The molecule has 8 heteroatoms. The van der Waals surface area contributed by atoms with Gasteiger partial charge < -0.3 is 9.26 Å². The minimum Gasteiger partial charge on any atom is -0.374 e. The van der Waals surface area contributed by atoms with Crippen LogP contribution in [0.5, 0.6) is 0 Å². The van der Waals surface area contributed by atoms with E-state index in [0.29, 0.717) is 24.9 Å². The van der Waals surface area contributed by atoms with Crippen LogP contribution < -0.4 is 0 Å². The molecule has 0 N–H and O–H groups in total. The fraction of sp³-hybridized carbons (Fsp3) is 0.438. The average molecular weight is 345 g/mol. The normalized spacial score (nSPS) is 19.0. The number of ether oxygens (including phenoxy) is 1. The molecule has 1 atom stereocenters. The lowest BCUT2D eigenvalue weighted by Gasteiger charge is -2.31. The number of morpholine rings is 1. The van der Waals surface area contributed by atoms with Gasteiger partial charge in [-0.1, -0.05) is 5.16 Å². The van der Waals surface area contributed by atoms with E-state index in [9.17, 15) is 0 Å². The Morgan fingerprint density at radius 3 is 3.17 bits per heavy atom. The van der Waals surface area contributed by atoms with Crippen molar-refractivity contribution in [2.24, 2.45) is 0 Å². The third-order valence-corrected chi connectivity index (χ3v) is 4.67. The first-order valence-electron chi connectivity index (χ1n) is 7.94. The van der Waals surface area contributed by atoms with Gasteiger partial charge in [-0.3, -0.25) is 9.58 Å². The summed E-state index contributed by atoms with van der Waals surface area (Å²) in [5.41, 5.74) is 2.17. The van der Waals surface area contributed by atoms with Crippen LogP contribution in [-0.4, -0.2) is 50.6 Å². The number of rotatable bonds is 5. The number of aryl methyl sites for hydroxylation is 1. The fourth-order valence-electron chi connectivity index (χ4n) is 2.83. The van der Waals surface area contributed by atoms with Gasteiger partial charge in [0.25, 0.3) is 0 Å². The van der Waals surface area contributed by atoms with Crippen molar-refractivity contribution in [3.05, 3.63) is 40.7 Å². The summed E-state index contributed by atoms with van der Waals surface area (Å²) < 4.78 is 13.2. The van der Waals surface area contributed by atoms with E-state index in [1.165, 1.54) is 0 Å². The summed E-state index contributed by atoms with van der Waals surface area (Å²) in [5, 5.41) is 12.4. The molecule has 1 fully saturated rings. The monoisotopic (exact) mass is 345 g/mol. The van der Waals surface area contributed by atoms with Gasteiger partial charge in [-0.15, -0.1) is 0 Å². The van der Waals surface area contributed by atoms with Crippen molar-refractivity contribution in [3.63, 3.8) is 0 Å². The predicted octanol–water partition coefficient (Wildman–Crippen LogP) is 2.20. The van der Waals surface area contributed by atoms with Crippen LogP contribution in [0.3, 0.4) is 0 Å². The molecule has 1 saturated heterocycles. The zero-order valence-electron chi connectivity index (χ0n) is 13.5. The summed E-state index contributed by atoms with van der Waals surface area (Å²) in [7, 11) is 0. The van der Waals surface area contributed by atoms with Crippen molar-refractivity contribution in [2.45, 2.75) is 26.1 Å². The topological polar surface area (TPSA) is 69.2 Å². The van der Waals surface area contributed by atoms with Crippen LogP contribution in [0.4, 0.5) is 0 Å². The molecule has 0 spiro atoms. The van der Waals surface area contributed by atoms with Gasteiger partial charge >= 0.3 is 0 Å². The molecule has 0 aliphatic carbocycles. The molecule has 4 heterocycles. The third-order valence-electron chi connectivity index (χ3n) is 3.98. The Labute approximate surface area is 143 Å². The molecule has 0 radical (unpaired) electrons. The summed E-state index contributed by atoms with van der Waals surface area (Å²) in [6.07, 6.45) is 4.02. The second kappa shape index (κ2) is 6.84. The van der Waals surface area contributed by atoms with Crippen molar-refractivity contribution in [1.82, 2.24) is 24.8 Å². The quantitative estimate of drug-likeness (QED) is 0.706. The molecule has 1 aliphatic heterocycles. The summed E-state index contributed by atoms with van der Waals surface area (Å²) >= 11 is 1.63. The first kappa shape index (κ1) is 15.5. The maximum Gasteiger partial charge on any atom is 0.241 e. The van der Waals surface area contributed by atoms with E-state index in [-0.39, 0.29) is 6.10 Å². The molecular weight excluding hydrogens is 326 g/mol. The standard InChI is InChI=1S/C16H19N5O2S/c1-12-6-17-21(7-12)9-14-8-20(3-4-22-14)10-15-18-16(19-23-15)13-2-5-24-11-13/h2,5-7,11,14H,3-4,8-10H2,1H3/t14-/m0/s1. The highest BCUT2D eigenvalue weighted by atomic mass is 32.1. The van der Waals surface area contributed by atoms with E-state index in [4.69, 9.17) is 9.26 Å². The van der Waals surface area contributed by atoms with Crippen LogP contribution >= 0.6 is 11.3 Å². The minimum absolute atomic E-state index is 0.123. The number of hydrogen-bond acceptors (Lipinski definition) is 7. The van der Waals surface area contributed by atoms with E-state index in [0.717, 1.165) is 30.8 Å². The van der Waals surface area contributed by atoms with Crippen molar-refractivity contribution in [1.29, 1.82) is 0 Å². The Bertz CT molecular complexity index is 782. The molecule has 3 aromatic heterocycles. The van der Waals surface area contributed by atoms with E-state index < -0.39 is 0 Å². The van der Waals surface area contributed by atoms with Crippen molar-refractivity contribution < 1.29 is 9.26 Å². The lowest BCUT2D eigenvalue weighted by Crippen LogP contribution is -2.43. The Balaban J connectivity index is 1.36. The maximum absolute atomic E-state index is 5.86. The minimum atomic E-state index is 0.123. The first-order chi connectivity index (χ1) is 11.8. The molecular formula is C16H19N5O2S. The van der Waals surface area contributed by atoms with E-state index in [2.05, 4.69) is 20.1 Å². The highest BCUT2D eigenvalue weighted by Gasteiger charge is 2.23. The maximum atomic E-state index is 5.86.